The highest BCUT2D eigenvalue weighted by Gasteiger charge is 2.20. The molecule has 0 radical (unpaired) electrons. The minimum Gasteiger partial charge on any atom is -0.302 e. The Bertz CT molecular complexity index is 1270. The number of fused-ring (bicyclic) bond motifs is 1. The number of hydrogen-bond acceptors (Lipinski definition) is 6. The van der Waals surface area contributed by atoms with Gasteiger partial charge in [0.2, 0.25) is 10.0 Å². The molecule has 0 spiro atoms. The molecule has 1 atom stereocenters. The highest BCUT2D eigenvalue weighted by atomic mass is 32.2. The summed E-state index contributed by atoms with van der Waals surface area (Å²) in [4.78, 5) is 11.8. The lowest BCUT2D eigenvalue weighted by molar-refractivity contribution is 0.566. The molecule has 3 aromatic rings. The number of rotatable bonds is 5. The van der Waals surface area contributed by atoms with E-state index in [-0.39, 0.29) is 14.7 Å². The van der Waals surface area contributed by atoms with Crippen LogP contribution in [0.2, 0.25) is 0 Å². The predicted octanol–water partition coefficient (Wildman–Crippen LogP) is 2.04. The fourth-order valence-electron chi connectivity index (χ4n) is 2.65. The molecule has 0 aliphatic carbocycles. The fourth-order valence-corrected chi connectivity index (χ4v) is 5.54. The summed E-state index contributed by atoms with van der Waals surface area (Å²) in [6, 6.07) is 10.0. The summed E-state index contributed by atoms with van der Waals surface area (Å²) in [7, 11) is -5.49. The summed E-state index contributed by atoms with van der Waals surface area (Å²) in [5.74, 6) is 0. The van der Waals surface area contributed by atoms with Crippen LogP contribution in [-0.2, 0) is 26.9 Å². The van der Waals surface area contributed by atoms with Crippen molar-refractivity contribution in [3.63, 3.8) is 0 Å². The Morgan fingerprint density at radius 3 is 2.19 bits per heavy atom. The highest BCUT2D eigenvalue weighted by molar-refractivity contribution is 7.90. The van der Waals surface area contributed by atoms with Crippen molar-refractivity contribution in [2.45, 2.75) is 22.8 Å². The second-order valence-electron chi connectivity index (χ2n) is 6.24. The Morgan fingerprint density at radius 2 is 1.59 bits per heavy atom. The van der Waals surface area contributed by atoms with Gasteiger partial charge in [-0.1, -0.05) is 23.5 Å². The van der Waals surface area contributed by atoms with E-state index >= 15 is 0 Å². The molecule has 0 aliphatic heterocycles. The van der Waals surface area contributed by atoms with E-state index in [9.17, 15) is 21.6 Å². The summed E-state index contributed by atoms with van der Waals surface area (Å²) in [6.45, 7) is 1.67. The first kappa shape index (κ1) is 19.7. The first-order valence-corrected chi connectivity index (χ1v) is 12.1. The highest BCUT2D eigenvalue weighted by Crippen LogP contribution is 2.23. The molecule has 1 aromatic heterocycles. The largest absolute Gasteiger partial charge is 0.307 e. The third kappa shape index (κ3) is 3.98. The van der Waals surface area contributed by atoms with E-state index in [1.54, 1.807) is 32.2 Å². The molecule has 3 rings (SSSR count). The Kier molecular flexibility index (Phi) is 5.02. The lowest BCUT2D eigenvalue weighted by atomic mass is 10.1. The van der Waals surface area contributed by atoms with E-state index in [0.717, 1.165) is 17.6 Å². The van der Waals surface area contributed by atoms with Crippen LogP contribution >= 0.6 is 11.3 Å². The number of thiazole rings is 1. The van der Waals surface area contributed by atoms with Crippen molar-refractivity contribution in [2.75, 3.05) is 6.26 Å². The van der Waals surface area contributed by atoms with Crippen LogP contribution in [0.4, 0.5) is 0 Å². The Morgan fingerprint density at radius 1 is 1.00 bits per heavy atom. The molecule has 0 saturated carbocycles. The van der Waals surface area contributed by atoms with Crippen molar-refractivity contribution in [3.05, 3.63) is 57.7 Å². The Hall–Kier alpha value is -2.01. The van der Waals surface area contributed by atoms with Crippen LogP contribution in [0.1, 0.15) is 18.5 Å². The van der Waals surface area contributed by atoms with E-state index in [0.29, 0.717) is 15.8 Å². The normalized spacial score (nSPS) is 13.7. The van der Waals surface area contributed by atoms with Gasteiger partial charge in [-0.05, 0) is 42.8 Å². The van der Waals surface area contributed by atoms with Crippen molar-refractivity contribution in [1.82, 2.24) is 9.29 Å². The van der Waals surface area contributed by atoms with Crippen LogP contribution in [0.25, 0.3) is 10.2 Å². The zero-order valence-electron chi connectivity index (χ0n) is 14.8. The second kappa shape index (κ2) is 6.86. The topological polar surface area (TPSA) is 102 Å². The van der Waals surface area contributed by atoms with Gasteiger partial charge in [0.25, 0.3) is 0 Å². The zero-order valence-corrected chi connectivity index (χ0v) is 17.3. The molecule has 1 N–H and O–H groups in total. The second-order valence-corrected chi connectivity index (χ2v) is 11.0. The van der Waals surface area contributed by atoms with Crippen molar-refractivity contribution in [2.24, 2.45) is 7.05 Å². The zero-order chi connectivity index (χ0) is 20.0. The number of hydrogen-bond donors (Lipinski definition) is 1. The van der Waals surface area contributed by atoms with Gasteiger partial charge in [-0.15, -0.1) is 0 Å². The lowest BCUT2D eigenvalue weighted by Crippen LogP contribution is -2.26. The molecule has 0 bridgehead atoms. The Balaban J connectivity index is 1.88. The van der Waals surface area contributed by atoms with Crippen LogP contribution in [0.5, 0.6) is 0 Å². The minimum absolute atomic E-state index is 0.0662. The monoisotopic (exact) mass is 426 g/mol. The standard InChI is InChI=1S/C17H18N2O5S3/c1-11(12-4-6-13(7-5-12)26(3,21)22)18-27(23,24)14-8-9-15-16(10-14)25-17(20)19(15)2/h4-11,18H,1-3H3/t11-/m0/s1. The first-order chi connectivity index (χ1) is 12.5. The van der Waals surface area contributed by atoms with Gasteiger partial charge < -0.3 is 4.57 Å². The van der Waals surface area contributed by atoms with E-state index in [1.807, 2.05) is 0 Å². The van der Waals surface area contributed by atoms with Crippen molar-refractivity contribution < 1.29 is 16.8 Å². The molecule has 0 amide bonds. The maximum Gasteiger partial charge on any atom is 0.307 e. The first-order valence-electron chi connectivity index (χ1n) is 7.91. The quantitative estimate of drug-likeness (QED) is 0.673. The minimum atomic E-state index is -3.81. The van der Waals surface area contributed by atoms with Crippen LogP contribution in [0, 0.1) is 0 Å². The molecule has 144 valence electrons. The van der Waals surface area contributed by atoms with Gasteiger partial charge in [0, 0.05) is 19.3 Å². The smallest absolute Gasteiger partial charge is 0.302 e. The molecule has 2 aromatic carbocycles. The molecule has 1 heterocycles. The molecule has 7 nitrogen and oxygen atoms in total. The van der Waals surface area contributed by atoms with E-state index in [2.05, 4.69) is 4.72 Å². The molecular weight excluding hydrogens is 408 g/mol. The van der Waals surface area contributed by atoms with Gasteiger partial charge in [0.05, 0.1) is 20.0 Å². The average molecular weight is 427 g/mol. The van der Waals surface area contributed by atoms with Gasteiger partial charge in [-0.3, -0.25) is 4.79 Å². The molecule has 0 saturated heterocycles. The molecular formula is C17H18N2O5S3. The van der Waals surface area contributed by atoms with Crippen molar-refractivity contribution in [1.29, 1.82) is 0 Å². The van der Waals surface area contributed by atoms with Crippen LogP contribution in [0.3, 0.4) is 0 Å². The summed E-state index contributed by atoms with van der Waals surface area (Å²) < 4.78 is 53.1. The number of benzene rings is 2. The molecule has 27 heavy (non-hydrogen) atoms. The van der Waals surface area contributed by atoms with Crippen molar-refractivity contribution in [3.8, 4) is 0 Å². The van der Waals surface area contributed by atoms with E-state index in [4.69, 9.17) is 0 Å². The van der Waals surface area contributed by atoms with Crippen LogP contribution in [-0.4, -0.2) is 27.7 Å². The van der Waals surface area contributed by atoms with Gasteiger partial charge >= 0.3 is 4.87 Å². The maximum atomic E-state index is 12.7. The summed E-state index contributed by atoms with van der Waals surface area (Å²) >= 11 is 0.986. The number of aryl methyl sites for hydroxylation is 1. The van der Waals surface area contributed by atoms with Crippen LogP contribution in [0.15, 0.2) is 57.1 Å². The van der Waals surface area contributed by atoms with Gasteiger partial charge in [-0.2, -0.15) is 0 Å². The Labute approximate surface area is 161 Å². The number of sulfone groups is 1. The van der Waals surface area contributed by atoms with E-state index < -0.39 is 25.9 Å². The third-order valence-corrected chi connectivity index (χ3v) is 7.88. The lowest BCUT2D eigenvalue weighted by Gasteiger charge is -2.15. The summed E-state index contributed by atoms with van der Waals surface area (Å²) in [5.41, 5.74) is 1.31. The van der Waals surface area contributed by atoms with Gasteiger partial charge in [0.15, 0.2) is 9.84 Å². The third-order valence-electron chi connectivity index (χ3n) is 4.21. The van der Waals surface area contributed by atoms with Gasteiger partial charge in [0.1, 0.15) is 0 Å². The SMILES string of the molecule is C[C@H](NS(=O)(=O)c1ccc2c(c1)sc(=O)n2C)c1ccc(S(C)(=O)=O)cc1. The van der Waals surface area contributed by atoms with Crippen molar-refractivity contribution >= 4 is 41.4 Å². The molecule has 0 unspecified atom stereocenters. The molecule has 0 aliphatic rings. The maximum absolute atomic E-state index is 12.7. The predicted molar refractivity (Wildman–Crippen MR) is 105 cm³/mol. The summed E-state index contributed by atoms with van der Waals surface area (Å²) in [6.07, 6.45) is 1.11. The van der Waals surface area contributed by atoms with Gasteiger partial charge in [-0.25, -0.2) is 21.6 Å². The summed E-state index contributed by atoms with van der Waals surface area (Å²) in [5, 5.41) is 0. The van der Waals surface area contributed by atoms with Crippen LogP contribution < -0.4 is 9.60 Å². The number of sulfonamides is 1. The number of nitrogens with one attached hydrogen (secondary N) is 1. The number of nitrogens with zero attached hydrogens (tertiary/aromatic N) is 1. The fraction of sp³-hybridized carbons (Fsp3) is 0.235. The molecule has 0 fully saturated rings. The average Bonchev–Trinajstić information content (AvgIpc) is 2.88. The number of aromatic nitrogens is 1. The molecule has 10 heteroatoms. The van der Waals surface area contributed by atoms with E-state index in [1.165, 1.54) is 28.8 Å².